The molecule has 108 valence electrons. The Bertz CT molecular complexity index is 356. The number of anilines is 1. The number of hydrogen-bond acceptors (Lipinski definition) is 4. The van der Waals surface area contributed by atoms with Crippen molar-refractivity contribution in [2.24, 2.45) is 0 Å². The van der Waals surface area contributed by atoms with Gasteiger partial charge in [-0.25, -0.2) is 0 Å². The Morgan fingerprint density at radius 3 is 1.95 bits per heavy atom. The minimum atomic E-state index is -2.56. The molecule has 2 N–H and O–H groups in total. The lowest BCUT2D eigenvalue weighted by Crippen LogP contribution is -2.46. The van der Waals surface area contributed by atoms with E-state index in [2.05, 4.69) is 0 Å². The van der Waals surface area contributed by atoms with Gasteiger partial charge in [0.05, 0.1) is 0 Å². The Morgan fingerprint density at radius 2 is 1.47 bits per heavy atom. The molecule has 1 rings (SSSR count). The molecule has 0 fully saturated rings. The van der Waals surface area contributed by atoms with Crippen LogP contribution < -0.4 is 5.73 Å². The highest BCUT2D eigenvalue weighted by Crippen LogP contribution is 2.21. The van der Waals surface area contributed by atoms with Crippen molar-refractivity contribution < 1.29 is 13.3 Å². The second kappa shape index (κ2) is 8.32. The number of para-hydroxylation sites is 1. The third-order valence-corrected chi connectivity index (χ3v) is 5.90. The monoisotopic (exact) mass is 283 g/mol. The molecule has 0 aliphatic heterocycles. The molecule has 0 saturated heterocycles. The number of nitrogen functional groups attached to an aromatic ring is 1. The number of hydrogen-bond donors (Lipinski definition) is 1. The summed E-state index contributed by atoms with van der Waals surface area (Å²) in [4.78, 5) is 0. The fourth-order valence-electron chi connectivity index (χ4n) is 2.05. The Hall–Kier alpha value is -0.883. The largest absolute Gasteiger partial charge is 0.501 e. The number of aryl methyl sites for hydroxylation is 1. The first-order valence-corrected chi connectivity index (χ1v) is 8.85. The maximum absolute atomic E-state index is 5.96. The van der Waals surface area contributed by atoms with Crippen LogP contribution in [0.2, 0.25) is 6.04 Å². The van der Waals surface area contributed by atoms with Gasteiger partial charge in [0.25, 0.3) is 0 Å². The maximum Gasteiger partial charge on any atom is 0.501 e. The Kier molecular flexibility index (Phi) is 7.08. The van der Waals surface area contributed by atoms with Crippen molar-refractivity contribution in [1.82, 2.24) is 0 Å². The van der Waals surface area contributed by atoms with Gasteiger partial charge in [-0.3, -0.25) is 0 Å². The molecule has 0 amide bonds. The zero-order valence-corrected chi connectivity index (χ0v) is 13.1. The second-order valence-electron chi connectivity index (χ2n) is 4.18. The van der Waals surface area contributed by atoms with E-state index in [0.717, 1.165) is 23.7 Å². The molecule has 0 spiro atoms. The first-order chi connectivity index (χ1) is 9.17. The summed E-state index contributed by atoms with van der Waals surface area (Å²) in [6, 6.07) is 8.66. The van der Waals surface area contributed by atoms with Crippen LogP contribution in [0.4, 0.5) is 5.69 Å². The van der Waals surface area contributed by atoms with Gasteiger partial charge in [0.2, 0.25) is 0 Å². The molecule has 0 atom stereocenters. The van der Waals surface area contributed by atoms with Crippen molar-refractivity contribution >= 4 is 14.5 Å². The minimum absolute atomic E-state index is 0.608. The SMILES string of the molecule is CCO[Si](CCc1ccccc1N)(OCC)OCC. The summed E-state index contributed by atoms with van der Waals surface area (Å²) in [5, 5.41) is 0. The first kappa shape index (κ1) is 16.2. The Balaban J connectivity index is 2.73. The summed E-state index contributed by atoms with van der Waals surface area (Å²) >= 11 is 0. The molecule has 0 aliphatic carbocycles. The van der Waals surface area contributed by atoms with Crippen LogP contribution in [0.1, 0.15) is 26.3 Å². The quantitative estimate of drug-likeness (QED) is 0.559. The van der Waals surface area contributed by atoms with Crippen molar-refractivity contribution in [3.8, 4) is 0 Å². The van der Waals surface area contributed by atoms with Crippen molar-refractivity contribution in [1.29, 1.82) is 0 Å². The van der Waals surface area contributed by atoms with Gasteiger partial charge in [0.1, 0.15) is 0 Å². The molecule has 1 aromatic carbocycles. The molecule has 0 heterocycles. The van der Waals surface area contributed by atoms with E-state index in [0.29, 0.717) is 19.8 Å². The highest BCUT2D eigenvalue weighted by Gasteiger charge is 2.39. The van der Waals surface area contributed by atoms with Crippen LogP contribution in [0.25, 0.3) is 0 Å². The number of rotatable bonds is 9. The van der Waals surface area contributed by atoms with Gasteiger partial charge in [-0.2, -0.15) is 0 Å². The average Bonchev–Trinajstić information content (AvgIpc) is 2.39. The van der Waals surface area contributed by atoms with Crippen molar-refractivity contribution in [3.63, 3.8) is 0 Å². The number of benzene rings is 1. The normalized spacial score (nSPS) is 11.7. The predicted molar refractivity (Wildman–Crippen MR) is 80.0 cm³/mol. The van der Waals surface area contributed by atoms with E-state index in [1.807, 2.05) is 45.0 Å². The van der Waals surface area contributed by atoms with Gasteiger partial charge in [0, 0.05) is 31.6 Å². The molecule has 1 aromatic rings. The first-order valence-electron chi connectivity index (χ1n) is 6.92. The van der Waals surface area contributed by atoms with Gasteiger partial charge in [0.15, 0.2) is 0 Å². The van der Waals surface area contributed by atoms with Gasteiger partial charge >= 0.3 is 8.80 Å². The average molecular weight is 283 g/mol. The van der Waals surface area contributed by atoms with E-state index >= 15 is 0 Å². The maximum atomic E-state index is 5.96. The van der Waals surface area contributed by atoms with Gasteiger partial charge < -0.3 is 19.0 Å². The van der Waals surface area contributed by atoms with Crippen LogP contribution in [0.5, 0.6) is 0 Å². The Morgan fingerprint density at radius 1 is 0.947 bits per heavy atom. The van der Waals surface area contributed by atoms with Gasteiger partial charge in [-0.05, 0) is 38.8 Å². The van der Waals surface area contributed by atoms with Crippen LogP contribution in [-0.4, -0.2) is 28.6 Å². The molecule has 19 heavy (non-hydrogen) atoms. The van der Waals surface area contributed by atoms with E-state index in [9.17, 15) is 0 Å². The lowest BCUT2D eigenvalue weighted by atomic mass is 10.1. The standard InChI is InChI=1S/C14H25NO3Si/c1-4-16-19(17-5-2,18-6-3)12-11-13-9-7-8-10-14(13)15/h7-10H,4-6,11-12,15H2,1-3H3. The summed E-state index contributed by atoms with van der Waals surface area (Å²) in [5.41, 5.74) is 7.90. The molecule has 5 heteroatoms. The minimum Gasteiger partial charge on any atom is -0.399 e. The zero-order valence-electron chi connectivity index (χ0n) is 12.1. The Labute approximate surface area is 117 Å². The molecular weight excluding hydrogens is 258 g/mol. The van der Waals surface area contributed by atoms with Gasteiger partial charge in [-0.15, -0.1) is 0 Å². The molecule has 0 radical (unpaired) electrons. The third kappa shape index (κ3) is 4.95. The zero-order chi connectivity index (χ0) is 14.1. The fourth-order valence-corrected chi connectivity index (χ4v) is 4.63. The van der Waals surface area contributed by atoms with E-state index in [4.69, 9.17) is 19.0 Å². The molecule has 0 aromatic heterocycles. The topological polar surface area (TPSA) is 53.7 Å². The summed E-state index contributed by atoms with van der Waals surface area (Å²) in [7, 11) is -2.56. The lowest BCUT2D eigenvalue weighted by Gasteiger charge is -2.28. The second-order valence-corrected chi connectivity index (χ2v) is 6.91. The predicted octanol–water partition coefficient (Wildman–Crippen LogP) is 2.86. The van der Waals surface area contributed by atoms with Crippen molar-refractivity contribution in [2.45, 2.75) is 33.2 Å². The lowest BCUT2D eigenvalue weighted by molar-refractivity contribution is 0.0714. The molecule has 0 aliphatic rings. The van der Waals surface area contributed by atoms with Crippen LogP contribution in [0, 0.1) is 0 Å². The summed E-state index contributed by atoms with van der Waals surface area (Å²) < 4.78 is 17.5. The van der Waals surface area contributed by atoms with Crippen molar-refractivity contribution in [2.75, 3.05) is 25.6 Å². The van der Waals surface area contributed by atoms with Crippen LogP contribution in [-0.2, 0) is 19.7 Å². The molecule has 0 unspecified atom stereocenters. The number of nitrogens with two attached hydrogens (primary N) is 1. The molecule has 4 nitrogen and oxygen atoms in total. The smallest absolute Gasteiger partial charge is 0.399 e. The van der Waals surface area contributed by atoms with Crippen LogP contribution in [0.3, 0.4) is 0 Å². The van der Waals surface area contributed by atoms with E-state index in [1.165, 1.54) is 0 Å². The highest BCUT2D eigenvalue weighted by atomic mass is 28.4. The van der Waals surface area contributed by atoms with Crippen LogP contribution in [0.15, 0.2) is 24.3 Å². The highest BCUT2D eigenvalue weighted by molar-refractivity contribution is 6.60. The van der Waals surface area contributed by atoms with Crippen molar-refractivity contribution in [3.05, 3.63) is 29.8 Å². The third-order valence-electron chi connectivity index (χ3n) is 2.85. The summed E-state index contributed by atoms with van der Waals surface area (Å²) in [5.74, 6) is 0. The fraction of sp³-hybridized carbons (Fsp3) is 0.571. The van der Waals surface area contributed by atoms with E-state index in [-0.39, 0.29) is 0 Å². The molecule has 0 bridgehead atoms. The van der Waals surface area contributed by atoms with E-state index < -0.39 is 8.80 Å². The van der Waals surface area contributed by atoms with E-state index in [1.54, 1.807) is 0 Å². The summed E-state index contributed by atoms with van der Waals surface area (Å²) in [6.07, 6.45) is 0.818. The van der Waals surface area contributed by atoms with Gasteiger partial charge in [-0.1, -0.05) is 18.2 Å². The molecule has 0 saturated carbocycles. The molecular formula is C14H25NO3Si. The summed E-state index contributed by atoms with van der Waals surface area (Å²) in [6.45, 7) is 7.73. The van der Waals surface area contributed by atoms with Crippen LogP contribution >= 0.6 is 0 Å².